The van der Waals surface area contributed by atoms with Crippen molar-refractivity contribution in [2.45, 2.75) is 16.7 Å². The molecule has 0 saturated carbocycles. The van der Waals surface area contributed by atoms with Gasteiger partial charge < -0.3 is 15.4 Å². The van der Waals surface area contributed by atoms with Gasteiger partial charge in [-0.05, 0) is 42.6 Å². The van der Waals surface area contributed by atoms with Crippen molar-refractivity contribution in [3.63, 3.8) is 0 Å². The molecule has 7 heteroatoms. The molecule has 0 heterocycles. The number of hydrogen-bond acceptors (Lipinski definition) is 5. The summed E-state index contributed by atoms with van der Waals surface area (Å²) in [5.74, 6) is -0.101. The lowest BCUT2D eigenvalue weighted by Crippen LogP contribution is -2.22. The highest BCUT2D eigenvalue weighted by Gasteiger charge is 2.24. The van der Waals surface area contributed by atoms with Gasteiger partial charge in [-0.2, -0.15) is 0 Å². The smallest absolute Gasteiger partial charge is 0.243 e. The Hall–Kier alpha value is -3.84. The van der Waals surface area contributed by atoms with Crippen LogP contribution in [0, 0.1) is 6.92 Å². The number of amides is 1. The molecule has 0 atom stereocenters. The highest BCUT2D eigenvalue weighted by atomic mass is 32.2. The monoisotopic (exact) mass is 460 g/mol. The van der Waals surface area contributed by atoms with Crippen LogP contribution in [0.15, 0.2) is 94.7 Å². The third kappa shape index (κ3) is 4.68. The van der Waals surface area contributed by atoms with Crippen LogP contribution in [-0.2, 0) is 14.6 Å². The molecule has 4 aromatic rings. The Kier molecular flexibility index (Phi) is 6.33. The molecule has 0 aliphatic carbocycles. The van der Waals surface area contributed by atoms with Crippen LogP contribution in [0.1, 0.15) is 5.56 Å². The molecule has 33 heavy (non-hydrogen) atoms. The molecule has 1 amide bonds. The average Bonchev–Trinajstić information content (AvgIpc) is 2.83. The van der Waals surface area contributed by atoms with Gasteiger partial charge in [0.15, 0.2) is 5.75 Å². The number of hydrogen-bond donors (Lipinski definition) is 2. The van der Waals surface area contributed by atoms with Gasteiger partial charge in [-0.25, -0.2) is 8.42 Å². The lowest BCUT2D eigenvalue weighted by atomic mass is 10.1. The fourth-order valence-electron chi connectivity index (χ4n) is 3.63. The lowest BCUT2D eigenvalue weighted by molar-refractivity contribution is -0.114. The second-order valence-corrected chi connectivity index (χ2v) is 9.50. The number of para-hydroxylation sites is 1. The number of sulfone groups is 1. The minimum atomic E-state index is -3.80. The van der Waals surface area contributed by atoms with Gasteiger partial charge >= 0.3 is 0 Å². The molecule has 2 N–H and O–H groups in total. The molecule has 6 nitrogen and oxygen atoms in total. The molecule has 4 aromatic carbocycles. The number of benzene rings is 4. The summed E-state index contributed by atoms with van der Waals surface area (Å²) in [7, 11) is -2.39. The third-order valence-electron chi connectivity index (χ3n) is 5.31. The minimum Gasteiger partial charge on any atom is -0.493 e. The van der Waals surface area contributed by atoms with Gasteiger partial charge in [0, 0.05) is 11.1 Å². The molecule has 4 rings (SSSR count). The highest BCUT2D eigenvalue weighted by molar-refractivity contribution is 7.91. The molecule has 0 bridgehead atoms. The molecule has 0 radical (unpaired) electrons. The topological polar surface area (TPSA) is 84.5 Å². The van der Waals surface area contributed by atoms with Gasteiger partial charge in [-0.15, -0.1) is 0 Å². The summed E-state index contributed by atoms with van der Waals surface area (Å²) >= 11 is 0. The second-order valence-electron chi connectivity index (χ2n) is 7.58. The van der Waals surface area contributed by atoms with Gasteiger partial charge in [-0.3, -0.25) is 4.79 Å². The number of carbonyl (C=O) groups excluding carboxylic acids is 1. The summed E-state index contributed by atoms with van der Waals surface area (Å²) in [5.41, 5.74) is 2.09. The Bertz CT molecular complexity index is 1410. The van der Waals surface area contributed by atoms with Gasteiger partial charge in [-0.1, -0.05) is 60.2 Å². The number of methoxy groups -OCH3 is 1. The van der Waals surface area contributed by atoms with Crippen LogP contribution in [0.25, 0.3) is 10.8 Å². The van der Waals surface area contributed by atoms with Gasteiger partial charge in [0.25, 0.3) is 0 Å². The second kappa shape index (κ2) is 9.34. The van der Waals surface area contributed by atoms with Crippen LogP contribution in [-0.4, -0.2) is 28.0 Å². The average molecular weight is 461 g/mol. The maximum Gasteiger partial charge on any atom is 0.243 e. The normalized spacial score (nSPS) is 11.2. The molecule has 0 saturated heterocycles. The predicted molar refractivity (Wildman–Crippen MR) is 131 cm³/mol. The minimum absolute atomic E-state index is 0.0355. The molecular weight excluding hydrogens is 436 g/mol. The third-order valence-corrected chi connectivity index (χ3v) is 7.10. The first-order valence-corrected chi connectivity index (χ1v) is 11.9. The van der Waals surface area contributed by atoms with Gasteiger partial charge in [0.1, 0.15) is 4.90 Å². The number of carbonyl (C=O) groups is 1. The summed E-state index contributed by atoms with van der Waals surface area (Å²) in [6.45, 7) is 1.83. The number of anilines is 2. The molecule has 0 spiro atoms. The van der Waals surface area contributed by atoms with E-state index in [-0.39, 0.29) is 28.0 Å². The quantitative estimate of drug-likeness (QED) is 0.404. The molecule has 0 unspecified atom stereocenters. The van der Waals surface area contributed by atoms with Crippen molar-refractivity contribution in [1.29, 1.82) is 0 Å². The summed E-state index contributed by atoms with van der Waals surface area (Å²) in [4.78, 5) is 12.8. The first-order valence-electron chi connectivity index (χ1n) is 10.4. The van der Waals surface area contributed by atoms with Crippen molar-refractivity contribution < 1.29 is 17.9 Å². The zero-order chi connectivity index (χ0) is 23.4. The first-order chi connectivity index (χ1) is 15.9. The van der Waals surface area contributed by atoms with E-state index in [9.17, 15) is 13.2 Å². The highest BCUT2D eigenvalue weighted by Crippen LogP contribution is 2.35. The van der Waals surface area contributed by atoms with E-state index in [2.05, 4.69) is 10.6 Å². The molecule has 0 aliphatic heterocycles. The molecular formula is C26H24N2O4S. The van der Waals surface area contributed by atoms with Crippen molar-refractivity contribution in [2.75, 3.05) is 24.3 Å². The summed E-state index contributed by atoms with van der Waals surface area (Å²) in [5, 5.41) is 7.88. The number of aryl methyl sites for hydroxylation is 1. The Morgan fingerprint density at radius 2 is 1.52 bits per heavy atom. The number of nitrogens with one attached hydrogen (secondary N) is 2. The van der Waals surface area contributed by atoms with E-state index in [4.69, 9.17) is 4.74 Å². The van der Waals surface area contributed by atoms with E-state index in [1.807, 2.05) is 49.4 Å². The summed E-state index contributed by atoms with van der Waals surface area (Å²) < 4.78 is 31.8. The number of rotatable bonds is 7. The van der Waals surface area contributed by atoms with Crippen molar-refractivity contribution in [3.05, 3.63) is 90.5 Å². The number of ether oxygens (including phenoxy) is 1. The number of fused-ring (bicyclic) bond motifs is 1. The Labute approximate surface area is 193 Å². The van der Waals surface area contributed by atoms with E-state index >= 15 is 0 Å². The largest absolute Gasteiger partial charge is 0.493 e. The summed E-state index contributed by atoms with van der Waals surface area (Å²) in [6, 6.07) is 24.9. The van der Waals surface area contributed by atoms with Crippen molar-refractivity contribution in [2.24, 2.45) is 0 Å². The van der Waals surface area contributed by atoms with Crippen molar-refractivity contribution in [3.8, 4) is 5.75 Å². The van der Waals surface area contributed by atoms with Crippen molar-refractivity contribution in [1.82, 2.24) is 0 Å². The fraction of sp³-hybridized carbons (Fsp3) is 0.115. The molecule has 0 aliphatic rings. The zero-order valence-corrected chi connectivity index (χ0v) is 19.1. The fourth-order valence-corrected chi connectivity index (χ4v) is 5.07. The van der Waals surface area contributed by atoms with Crippen LogP contribution in [0.2, 0.25) is 0 Å². The van der Waals surface area contributed by atoms with Crippen LogP contribution in [0.5, 0.6) is 5.75 Å². The standard InChI is InChI=1S/C26H24N2O4S/c1-18-13-15-20(16-14-18)33(30,31)24-12-6-11-23(26(24)32-2)27-17-25(29)28-22-10-5-8-19-7-3-4-9-21(19)22/h3-16,27H,17H2,1-2H3,(H,28,29). The van der Waals surface area contributed by atoms with Gasteiger partial charge in [0.2, 0.25) is 15.7 Å². The Morgan fingerprint density at radius 1 is 0.848 bits per heavy atom. The molecule has 168 valence electrons. The van der Waals surface area contributed by atoms with E-state index in [1.54, 1.807) is 36.4 Å². The van der Waals surface area contributed by atoms with Crippen LogP contribution in [0.3, 0.4) is 0 Å². The van der Waals surface area contributed by atoms with E-state index in [1.165, 1.54) is 13.2 Å². The first kappa shape index (κ1) is 22.4. The predicted octanol–water partition coefficient (Wildman–Crippen LogP) is 5.04. The molecule has 0 aromatic heterocycles. The van der Waals surface area contributed by atoms with Crippen LogP contribution in [0.4, 0.5) is 11.4 Å². The maximum atomic E-state index is 13.2. The summed E-state index contributed by atoms with van der Waals surface area (Å²) in [6.07, 6.45) is 0. The van der Waals surface area contributed by atoms with Crippen molar-refractivity contribution >= 4 is 37.9 Å². The maximum absolute atomic E-state index is 13.2. The van der Waals surface area contributed by atoms with Crippen LogP contribution < -0.4 is 15.4 Å². The van der Waals surface area contributed by atoms with Crippen LogP contribution >= 0.6 is 0 Å². The van der Waals surface area contributed by atoms with E-state index in [0.29, 0.717) is 11.4 Å². The van der Waals surface area contributed by atoms with E-state index < -0.39 is 9.84 Å². The Balaban J connectivity index is 1.55. The van der Waals surface area contributed by atoms with Gasteiger partial charge in [0.05, 0.1) is 24.2 Å². The molecule has 0 fully saturated rings. The lowest BCUT2D eigenvalue weighted by Gasteiger charge is -2.16. The van der Waals surface area contributed by atoms with E-state index in [0.717, 1.165) is 16.3 Å². The zero-order valence-electron chi connectivity index (χ0n) is 18.3. The Morgan fingerprint density at radius 3 is 2.27 bits per heavy atom. The SMILES string of the molecule is COc1c(NCC(=O)Nc2cccc3ccccc23)cccc1S(=O)(=O)c1ccc(C)cc1.